The van der Waals surface area contributed by atoms with E-state index >= 15 is 0 Å². The summed E-state index contributed by atoms with van der Waals surface area (Å²) in [4.78, 5) is 2.24. The van der Waals surface area contributed by atoms with Crippen LogP contribution < -0.4 is 4.90 Å². The van der Waals surface area contributed by atoms with Crippen LogP contribution in [0.25, 0.3) is 33.1 Å². The minimum atomic E-state index is 0.694. The summed E-state index contributed by atoms with van der Waals surface area (Å²) in [5.41, 5.74) is 7.12. The van der Waals surface area contributed by atoms with Crippen molar-refractivity contribution in [2.75, 3.05) is 4.90 Å². The second-order valence-corrected chi connectivity index (χ2v) is 8.41. The van der Waals surface area contributed by atoms with Crippen LogP contribution >= 0.6 is 11.6 Å². The molecule has 0 aliphatic carbocycles. The Morgan fingerprint density at radius 2 is 1.27 bits per heavy atom. The highest BCUT2D eigenvalue weighted by Gasteiger charge is 2.18. The monoisotopic (exact) mass is 445 g/mol. The van der Waals surface area contributed by atoms with Crippen LogP contribution in [0.1, 0.15) is 0 Å². The highest BCUT2D eigenvalue weighted by molar-refractivity contribution is 6.30. The Labute approximate surface area is 197 Å². The number of hydrogen-bond acceptors (Lipinski definition) is 2. The summed E-state index contributed by atoms with van der Waals surface area (Å²) < 4.78 is 6.20. The molecule has 0 aliphatic rings. The standard InChI is InChI=1S/C30H20ClNO/c31-22-11-8-12-23(19-22)32(28-15-6-4-13-25(28)21-9-2-1-3-10-21)24-17-18-27-26-14-5-7-16-29(26)33-30(27)20-24/h1-20H. The van der Waals surface area contributed by atoms with Gasteiger partial charge in [0.05, 0.1) is 5.69 Å². The maximum Gasteiger partial charge on any atom is 0.137 e. The molecular weight excluding hydrogens is 426 g/mol. The molecular formula is C30H20ClNO. The topological polar surface area (TPSA) is 16.4 Å². The third-order valence-electron chi connectivity index (χ3n) is 5.92. The molecule has 1 heterocycles. The molecule has 5 aromatic carbocycles. The van der Waals surface area contributed by atoms with Gasteiger partial charge in [0.2, 0.25) is 0 Å². The SMILES string of the molecule is Clc1cccc(N(c2ccc3c(c2)oc2ccccc23)c2ccccc2-c2ccccc2)c1. The lowest BCUT2D eigenvalue weighted by Crippen LogP contribution is -2.11. The fraction of sp³-hybridized carbons (Fsp3) is 0. The number of nitrogens with zero attached hydrogens (tertiary/aromatic N) is 1. The quantitative estimate of drug-likeness (QED) is 0.268. The van der Waals surface area contributed by atoms with E-state index in [2.05, 4.69) is 83.8 Å². The van der Waals surface area contributed by atoms with Crippen LogP contribution in [0, 0.1) is 0 Å². The van der Waals surface area contributed by atoms with E-state index in [4.69, 9.17) is 16.0 Å². The Balaban J connectivity index is 1.60. The Morgan fingerprint density at radius 1 is 0.545 bits per heavy atom. The van der Waals surface area contributed by atoms with Gasteiger partial charge in [0.15, 0.2) is 0 Å². The molecule has 1 aromatic heterocycles. The average Bonchev–Trinajstić information content (AvgIpc) is 3.23. The van der Waals surface area contributed by atoms with Crippen LogP contribution in [0.4, 0.5) is 17.1 Å². The summed E-state index contributed by atoms with van der Waals surface area (Å²) in [5, 5.41) is 2.93. The molecule has 33 heavy (non-hydrogen) atoms. The number of benzene rings is 5. The minimum absolute atomic E-state index is 0.694. The lowest BCUT2D eigenvalue weighted by atomic mass is 10.0. The van der Waals surface area contributed by atoms with Crippen LogP contribution in [0.5, 0.6) is 0 Å². The summed E-state index contributed by atoms with van der Waals surface area (Å²) in [7, 11) is 0. The predicted molar refractivity (Wildman–Crippen MR) is 139 cm³/mol. The van der Waals surface area contributed by atoms with Crippen LogP contribution in [0.2, 0.25) is 5.02 Å². The van der Waals surface area contributed by atoms with E-state index in [-0.39, 0.29) is 0 Å². The van der Waals surface area contributed by atoms with Crippen LogP contribution in [-0.4, -0.2) is 0 Å². The van der Waals surface area contributed by atoms with Crippen molar-refractivity contribution in [3.05, 3.63) is 126 Å². The third-order valence-corrected chi connectivity index (χ3v) is 6.15. The van der Waals surface area contributed by atoms with Crippen molar-refractivity contribution >= 4 is 50.6 Å². The van der Waals surface area contributed by atoms with Gasteiger partial charge in [0.25, 0.3) is 0 Å². The minimum Gasteiger partial charge on any atom is -0.456 e. The Kier molecular flexibility index (Phi) is 4.86. The molecule has 6 aromatic rings. The van der Waals surface area contributed by atoms with Crippen molar-refractivity contribution in [3.63, 3.8) is 0 Å². The van der Waals surface area contributed by atoms with Gasteiger partial charge in [-0.2, -0.15) is 0 Å². The van der Waals surface area contributed by atoms with Crippen molar-refractivity contribution in [1.29, 1.82) is 0 Å². The molecule has 0 saturated carbocycles. The summed E-state index contributed by atoms with van der Waals surface area (Å²) in [6.07, 6.45) is 0. The molecule has 0 fully saturated rings. The molecule has 3 heteroatoms. The molecule has 0 amide bonds. The van der Waals surface area contributed by atoms with Crippen LogP contribution in [-0.2, 0) is 0 Å². The van der Waals surface area contributed by atoms with E-state index in [0.29, 0.717) is 5.02 Å². The highest BCUT2D eigenvalue weighted by atomic mass is 35.5. The summed E-state index contributed by atoms with van der Waals surface area (Å²) >= 11 is 6.42. The zero-order valence-corrected chi connectivity index (χ0v) is 18.5. The maximum atomic E-state index is 6.42. The van der Waals surface area contributed by atoms with E-state index in [1.54, 1.807) is 0 Å². The molecule has 0 radical (unpaired) electrons. The number of para-hydroxylation sites is 2. The number of halogens is 1. The Bertz CT molecular complexity index is 1590. The number of furan rings is 1. The van der Waals surface area contributed by atoms with Gasteiger partial charge in [-0.1, -0.05) is 84.4 Å². The summed E-state index contributed by atoms with van der Waals surface area (Å²) in [6, 6.07) is 41.4. The predicted octanol–water partition coefficient (Wildman–Crippen LogP) is 9.38. The molecule has 0 saturated heterocycles. The molecule has 158 valence electrons. The first-order chi connectivity index (χ1) is 16.3. The number of fused-ring (bicyclic) bond motifs is 3. The second-order valence-electron chi connectivity index (χ2n) is 7.98. The Morgan fingerprint density at radius 3 is 2.15 bits per heavy atom. The summed E-state index contributed by atoms with van der Waals surface area (Å²) in [6.45, 7) is 0. The molecule has 0 bridgehead atoms. The molecule has 2 nitrogen and oxygen atoms in total. The van der Waals surface area contributed by atoms with Gasteiger partial charge in [0, 0.05) is 38.8 Å². The third kappa shape index (κ3) is 3.55. The smallest absolute Gasteiger partial charge is 0.137 e. The lowest BCUT2D eigenvalue weighted by Gasteiger charge is -2.28. The highest BCUT2D eigenvalue weighted by Crippen LogP contribution is 2.42. The van der Waals surface area contributed by atoms with Crippen molar-refractivity contribution in [2.45, 2.75) is 0 Å². The van der Waals surface area contributed by atoms with Gasteiger partial charge in [-0.15, -0.1) is 0 Å². The van der Waals surface area contributed by atoms with E-state index in [9.17, 15) is 0 Å². The van der Waals surface area contributed by atoms with E-state index in [1.165, 1.54) is 0 Å². The van der Waals surface area contributed by atoms with Gasteiger partial charge >= 0.3 is 0 Å². The van der Waals surface area contributed by atoms with Crippen molar-refractivity contribution < 1.29 is 4.42 Å². The number of anilines is 3. The maximum absolute atomic E-state index is 6.42. The second kappa shape index (κ2) is 8.16. The zero-order valence-electron chi connectivity index (χ0n) is 17.8. The van der Waals surface area contributed by atoms with Crippen molar-refractivity contribution in [3.8, 4) is 11.1 Å². The number of rotatable bonds is 4. The summed E-state index contributed by atoms with van der Waals surface area (Å²) in [5.74, 6) is 0. The molecule has 6 rings (SSSR count). The van der Waals surface area contributed by atoms with Gasteiger partial charge in [-0.3, -0.25) is 0 Å². The van der Waals surface area contributed by atoms with E-state index < -0.39 is 0 Å². The van der Waals surface area contributed by atoms with Crippen LogP contribution in [0.3, 0.4) is 0 Å². The Hall–Kier alpha value is -4.01. The fourth-order valence-electron chi connectivity index (χ4n) is 4.43. The average molecular weight is 446 g/mol. The zero-order chi connectivity index (χ0) is 22.2. The van der Waals surface area contributed by atoms with Gasteiger partial charge in [0.1, 0.15) is 11.2 Å². The van der Waals surface area contributed by atoms with Gasteiger partial charge < -0.3 is 9.32 Å². The van der Waals surface area contributed by atoms with Gasteiger partial charge in [-0.05, 0) is 48.0 Å². The van der Waals surface area contributed by atoms with Crippen molar-refractivity contribution in [1.82, 2.24) is 0 Å². The first-order valence-electron chi connectivity index (χ1n) is 10.9. The lowest BCUT2D eigenvalue weighted by molar-refractivity contribution is 0.669. The molecule has 0 N–H and O–H groups in total. The molecule has 0 spiro atoms. The largest absolute Gasteiger partial charge is 0.456 e. The van der Waals surface area contributed by atoms with Crippen molar-refractivity contribution in [2.24, 2.45) is 0 Å². The molecule has 0 unspecified atom stereocenters. The number of hydrogen-bond donors (Lipinski definition) is 0. The van der Waals surface area contributed by atoms with E-state index in [1.807, 2.05) is 42.5 Å². The van der Waals surface area contributed by atoms with Gasteiger partial charge in [-0.25, -0.2) is 0 Å². The van der Waals surface area contributed by atoms with Crippen LogP contribution in [0.15, 0.2) is 126 Å². The first kappa shape index (κ1) is 19.7. The van der Waals surface area contributed by atoms with E-state index in [0.717, 1.165) is 50.1 Å². The fourth-order valence-corrected chi connectivity index (χ4v) is 4.61. The first-order valence-corrected chi connectivity index (χ1v) is 11.3. The molecule has 0 atom stereocenters. The normalized spacial score (nSPS) is 11.2. The molecule has 0 aliphatic heterocycles.